The highest BCUT2D eigenvalue weighted by molar-refractivity contribution is 5.89. The highest BCUT2D eigenvalue weighted by Crippen LogP contribution is 2.31. The van der Waals surface area contributed by atoms with Crippen molar-refractivity contribution in [1.82, 2.24) is 24.7 Å². The molecule has 1 aliphatic rings. The third-order valence-electron chi connectivity index (χ3n) is 5.41. The first-order valence-corrected chi connectivity index (χ1v) is 11.1. The number of nitrogens with zero attached hydrogens (tertiary/aromatic N) is 6. The number of halogens is 1. The van der Waals surface area contributed by atoms with Gasteiger partial charge >= 0.3 is 0 Å². The van der Waals surface area contributed by atoms with Crippen molar-refractivity contribution in [1.29, 1.82) is 0 Å². The molecule has 1 saturated heterocycles. The van der Waals surface area contributed by atoms with Gasteiger partial charge in [-0.15, -0.1) is 0 Å². The summed E-state index contributed by atoms with van der Waals surface area (Å²) < 4.78 is 21.3. The molecule has 0 amide bonds. The Balaban J connectivity index is 0.00000126. The molecule has 0 spiro atoms. The van der Waals surface area contributed by atoms with E-state index in [2.05, 4.69) is 14.9 Å². The van der Waals surface area contributed by atoms with Gasteiger partial charge in [0.1, 0.15) is 17.2 Å². The number of aromatic nitrogens is 5. The number of hydrogen-bond donors (Lipinski definition) is 1. The van der Waals surface area contributed by atoms with Crippen molar-refractivity contribution in [3.63, 3.8) is 0 Å². The minimum atomic E-state index is -0.283. The molecule has 33 heavy (non-hydrogen) atoms. The van der Waals surface area contributed by atoms with Gasteiger partial charge in [-0.1, -0.05) is 32.0 Å². The second-order valence-electron chi connectivity index (χ2n) is 7.44. The molecule has 4 heterocycles. The van der Waals surface area contributed by atoms with Gasteiger partial charge in [-0.3, -0.25) is 0 Å². The van der Waals surface area contributed by atoms with Crippen LogP contribution in [0.3, 0.4) is 0 Å². The van der Waals surface area contributed by atoms with E-state index >= 15 is 0 Å². The number of aryl methyl sites for hydroxylation is 1. The maximum Gasteiger partial charge on any atom is 0.183 e. The van der Waals surface area contributed by atoms with Gasteiger partial charge in [-0.25, -0.2) is 24.0 Å². The second-order valence-corrected chi connectivity index (χ2v) is 7.44. The topological polar surface area (TPSA) is 95.0 Å². The molecule has 5 rings (SSSR count). The molecule has 4 aromatic rings. The molecule has 0 saturated carbocycles. The molecule has 1 aromatic carbocycles. The van der Waals surface area contributed by atoms with E-state index in [4.69, 9.17) is 20.6 Å². The number of benzene rings is 1. The van der Waals surface area contributed by atoms with Crippen LogP contribution in [-0.2, 0) is 11.3 Å². The van der Waals surface area contributed by atoms with Gasteiger partial charge in [0.25, 0.3) is 0 Å². The number of fused-ring (bicyclic) bond motifs is 1. The monoisotopic (exact) mass is 449 g/mol. The number of hydrogen-bond acceptors (Lipinski definition) is 7. The van der Waals surface area contributed by atoms with Crippen molar-refractivity contribution in [2.75, 3.05) is 36.9 Å². The fraction of sp³-hybridized carbons (Fsp3) is 0.333. The van der Waals surface area contributed by atoms with Crippen LogP contribution >= 0.6 is 0 Å². The molecule has 172 valence electrons. The van der Waals surface area contributed by atoms with Crippen LogP contribution in [0, 0.1) is 12.7 Å². The number of nitrogens with two attached hydrogens (primary N) is 1. The lowest BCUT2D eigenvalue weighted by Gasteiger charge is -2.30. The van der Waals surface area contributed by atoms with Crippen LogP contribution in [0.2, 0.25) is 0 Å². The van der Waals surface area contributed by atoms with Gasteiger partial charge in [-0.05, 0) is 25.1 Å². The zero-order chi connectivity index (χ0) is 23.4. The van der Waals surface area contributed by atoms with E-state index in [1.807, 2.05) is 32.9 Å². The lowest BCUT2D eigenvalue weighted by Crippen LogP contribution is -2.37. The molecule has 0 aliphatic carbocycles. The van der Waals surface area contributed by atoms with Crippen LogP contribution in [0.25, 0.3) is 22.6 Å². The number of nitrogen functional groups attached to an aromatic ring is 1. The van der Waals surface area contributed by atoms with Gasteiger partial charge in [0.05, 0.1) is 30.8 Å². The number of rotatable bonds is 4. The molecule has 1 fully saturated rings. The summed E-state index contributed by atoms with van der Waals surface area (Å²) in [5.41, 5.74) is 9.71. The number of ether oxygens (including phenoxy) is 1. The molecule has 2 N–H and O–H groups in total. The van der Waals surface area contributed by atoms with E-state index in [0.717, 1.165) is 29.9 Å². The summed E-state index contributed by atoms with van der Waals surface area (Å²) in [5, 5.41) is 5.48. The summed E-state index contributed by atoms with van der Waals surface area (Å²) in [6, 6.07) is 10.4. The Hall–Kier alpha value is -3.59. The summed E-state index contributed by atoms with van der Waals surface area (Å²) in [4.78, 5) is 15.9. The zero-order valence-electron chi connectivity index (χ0n) is 19.1. The van der Waals surface area contributed by atoms with Crippen LogP contribution in [-0.4, -0.2) is 51.0 Å². The summed E-state index contributed by atoms with van der Waals surface area (Å²) in [5.74, 6) is 0.553. The fourth-order valence-electron chi connectivity index (χ4n) is 3.95. The summed E-state index contributed by atoms with van der Waals surface area (Å²) in [6.07, 6.45) is 1.69. The van der Waals surface area contributed by atoms with Crippen LogP contribution in [0.5, 0.6) is 0 Å². The van der Waals surface area contributed by atoms with Crippen molar-refractivity contribution >= 4 is 22.5 Å². The summed E-state index contributed by atoms with van der Waals surface area (Å²) >= 11 is 0. The maximum absolute atomic E-state index is 14.2. The highest BCUT2D eigenvalue weighted by Gasteiger charge is 2.22. The molecule has 0 radical (unpaired) electrons. The summed E-state index contributed by atoms with van der Waals surface area (Å²) in [7, 11) is 0. The van der Waals surface area contributed by atoms with E-state index in [1.165, 1.54) is 6.07 Å². The quantitative estimate of drug-likeness (QED) is 0.506. The van der Waals surface area contributed by atoms with Gasteiger partial charge in [0, 0.05) is 24.8 Å². The predicted molar refractivity (Wildman–Crippen MR) is 128 cm³/mol. The van der Waals surface area contributed by atoms with Crippen molar-refractivity contribution < 1.29 is 9.13 Å². The molecular weight excluding hydrogens is 421 g/mol. The average Bonchev–Trinajstić information content (AvgIpc) is 3.21. The predicted octanol–water partition coefficient (Wildman–Crippen LogP) is 3.83. The largest absolute Gasteiger partial charge is 0.382 e. The smallest absolute Gasteiger partial charge is 0.183 e. The Kier molecular flexibility index (Phi) is 6.79. The van der Waals surface area contributed by atoms with E-state index in [1.54, 1.807) is 29.1 Å². The van der Waals surface area contributed by atoms with Crippen LogP contribution in [0.15, 0.2) is 42.6 Å². The average molecular weight is 450 g/mol. The third kappa shape index (κ3) is 4.49. The lowest BCUT2D eigenvalue weighted by atomic mass is 10.2. The Labute approximate surface area is 192 Å². The van der Waals surface area contributed by atoms with E-state index < -0.39 is 0 Å². The minimum Gasteiger partial charge on any atom is -0.382 e. The Morgan fingerprint density at radius 1 is 1.06 bits per heavy atom. The Morgan fingerprint density at radius 2 is 1.82 bits per heavy atom. The second kappa shape index (κ2) is 9.91. The first kappa shape index (κ1) is 22.6. The van der Waals surface area contributed by atoms with Crippen molar-refractivity contribution in [3.8, 4) is 11.5 Å². The number of morpholine rings is 1. The fourth-order valence-corrected chi connectivity index (χ4v) is 3.95. The molecule has 1 aliphatic heterocycles. The molecule has 3 aromatic heterocycles. The molecular formula is C24H28FN7O. The van der Waals surface area contributed by atoms with Crippen molar-refractivity contribution in [2.45, 2.75) is 27.3 Å². The van der Waals surface area contributed by atoms with E-state index in [0.29, 0.717) is 41.8 Å². The molecule has 8 nitrogen and oxygen atoms in total. The lowest BCUT2D eigenvalue weighted by molar-refractivity contribution is 0.122. The van der Waals surface area contributed by atoms with E-state index in [-0.39, 0.29) is 12.4 Å². The molecule has 0 unspecified atom stereocenters. The van der Waals surface area contributed by atoms with Crippen LogP contribution < -0.4 is 10.6 Å². The van der Waals surface area contributed by atoms with Crippen LogP contribution in [0.4, 0.5) is 15.9 Å². The molecule has 0 bridgehead atoms. The number of anilines is 2. The number of pyridine rings is 1. The maximum atomic E-state index is 14.2. The van der Waals surface area contributed by atoms with E-state index in [9.17, 15) is 4.39 Å². The van der Waals surface area contributed by atoms with Gasteiger partial charge in [-0.2, -0.15) is 5.10 Å². The SMILES string of the molecule is CC.Cc1nc(-c2nn(Cc3ccccc3F)c3ncccc23)nc(N)c1N1CCOCC1. The standard InChI is InChI=1S/C22H22FN7O.C2H6/c1-14-19(29-9-11-31-12-10-29)20(24)27-21(26-14)18-16-6-4-8-25-22(16)30(28-18)13-15-5-2-3-7-17(15)23;1-2/h2-8H,9-13H2,1H3,(H2,24,26,27);1-2H3. The Morgan fingerprint density at radius 3 is 2.55 bits per heavy atom. The minimum absolute atomic E-state index is 0.251. The summed E-state index contributed by atoms with van der Waals surface area (Å²) in [6.45, 7) is 8.97. The Bertz CT molecular complexity index is 1230. The third-order valence-corrected chi connectivity index (χ3v) is 5.41. The van der Waals surface area contributed by atoms with Crippen molar-refractivity contribution in [3.05, 3.63) is 59.7 Å². The highest BCUT2D eigenvalue weighted by atomic mass is 19.1. The molecule has 0 atom stereocenters. The van der Waals surface area contributed by atoms with Crippen LogP contribution in [0.1, 0.15) is 25.1 Å². The van der Waals surface area contributed by atoms with Crippen molar-refractivity contribution in [2.24, 2.45) is 0 Å². The van der Waals surface area contributed by atoms with Gasteiger partial charge in [0.2, 0.25) is 0 Å². The molecule has 9 heteroatoms. The normalized spacial score (nSPS) is 13.6. The van der Waals surface area contributed by atoms with Gasteiger partial charge < -0.3 is 15.4 Å². The first-order valence-electron chi connectivity index (χ1n) is 11.1. The first-order chi connectivity index (χ1) is 16.1. The van der Waals surface area contributed by atoms with Gasteiger partial charge in [0.15, 0.2) is 17.3 Å². The zero-order valence-corrected chi connectivity index (χ0v) is 19.1.